The molecule has 3 aromatic rings. The maximum Gasteiger partial charge on any atom is 0.257 e. The largest absolute Gasteiger partial charge is 0.348 e. The van der Waals surface area contributed by atoms with Gasteiger partial charge in [0.25, 0.3) is 11.8 Å². The van der Waals surface area contributed by atoms with Crippen molar-refractivity contribution in [3.05, 3.63) is 89.7 Å². The standard InChI is InChI=1S/C22H22N4O4S/c1-26(31(2,29)30)20-12-6-4-10-18(20)22(28)25-19-11-5-3-9-17(19)21(27)24-15-16-8-7-13-23-14-16/h3-14H,15H2,1-2H3,(H,24,27)(H,25,28). The summed E-state index contributed by atoms with van der Waals surface area (Å²) in [7, 11) is -2.18. The minimum absolute atomic E-state index is 0.168. The SMILES string of the molecule is CN(c1ccccc1C(=O)Nc1ccccc1C(=O)NCc1cccnc1)S(C)(=O)=O. The highest BCUT2D eigenvalue weighted by atomic mass is 32.2. The van der Waals surface area contributed by atoms with Crippen LogP contribution in [0.4, 0.5) is 11.4 Å². The van der Waals surface area contributed by atoms with E-state index in [1.165, 1.54) is 13.1 Å². The Balaban J connectivity index is 1.81. The van der Waals surface area contributed by atoms with Gasteiger partial charge in [0.05, 0.1) is 28.8 Å². The number of nitrogens with zero attached hydrogens (tertiary/aromatic N) is 2. The summed E-state index contributed by atoms with van der Waals surface area (Å²) in [6, 6.07) is 16.6. The van der Waals surface area contributed by atoms with Gasteiger partial charge in [-0.05, 0) is 35.9 Å². The molecule has 9 heteroatoms. The van der Waals surface area contributed by atoms with Gasteiger partial charge in [-0.3, -0.25) is 18.9 Å². The molecule has 0 atom stereocenters. The van der Waals surface area contributed by atoms with Gasteiger partial charge in [-0.2, -0.15) is 0 Å². The van der Waals surface area contributed by atoms with Crippen LogP contribution in [-0.4, -0.2) is 38.5 Å². The van der Waals surface area contributed by atoms with Crippen molar-refractivity contribution >= 4 is 33.2 Å². The molecule has 0 aliphatic rings. The average molecular weight is 439 g/mol. The molecular weight excluding hydrogens is 416 g/mol. The topological polar surface area (TPSA) is 108 Å². The van der Waals surface area contributed by atoms with E-state index in [0.29, 0.717) is 5.69 Å². The molecule has 0 aliphatic carbocycles. The number of hydrogen-bond donors (Lipinski definition) is 2. The predicted molar refractivity (Wildman–Crippen MR) is 119 cm³/mol. The van der Waals surface area contributed by atoms with Crippen molar-refractivity contribution in [3.63, 3.8) is 0 Å². The fourth-order valence-corrected chi connectivity index (χ4v) is 3.40. The summed E-state index contributed by atoms with van der Waals surface area (Å²) >= 11 is 0. The van der Waals surface area contributed by atoms with Crippen LogP contribution in [0.1, 0.15) is 26.3 Å². The zero-order valence-corrected chi connectivity index (χ0v) is 17.9. The first-order valence-corrected chi connectivity index (χ1v) is 11.2. The number of para-hydroxylation sites is 2. The van der Waals surface area contributed by atoms with Gasteiger partial charge in [0.15, 0.2) is 0 Å². The van der Waals surface area contributed by atoms with Gasteiger partial charge < -0.3 is 10.6 Å². The van der Waals surface area contributed by atoms with E-state index in [-0.39, 0.29) is 29.3 Å². The number of sulfonamides is 1. The van der Waals surface area contributed by atoms with Crippen molar-refractivity contribution in [2.24, 2.45) is 0 Å². The van der Waals surface area contributed by atoms with E-state index in [2.05, 4.69) is 15.6 Å². The Kier molecular flexibility index (Phi) is 6.66. The number of carbonyl (C=O) groups excluding carboxylic acids is 2. The predicted octanol–water partition coefficient (Wildman–Crippen LogP) is 2.66. The summed E-state index contributed by atoms with van der Waals surface area (Å²) in [5.41, 5.74) is 1.85. The number of aromatic nitrogens is 1. The van der Waals surface area contributed by atoms with Crippen LogP contribution in [0.25, 0.3) is 0 Å². The van der Waals surface area contributed by atoms with Crippen LogP contribution >= 0.6 is 0 Å². The fraction of sp³-hybridized carbons (Fsp3) is 0.136. The number of anilines is 2. The van der Waals surface area contributed by atoms with Gasteiger partial charge in [0, 0.05) is 26.0 Å². The first kappa shape index (κ1) is 22.0. The van der Waals surface area contributed by atoms with Gasteiger partial charge in [0.1, 0.15) is 0 Å². The van der Waals surface area contributed by atoms with Gasteiger partial charge in [-0.1, -0.05) is 30.3 Å². The van der Waals surface area contributed by atoms with Crippen LogP contribution in [0.2, 0.25) is 0 Å². The minimum Gasteiger partial charge on any atom is -0.348 e. The molecule has 0 unspecified atom stereocenters. The van der Waals surface area contributed by atoms with Crippen molar-refractivity contribution in [2.75, 3.05) is 22.9 Å². The van der Waals surface area contributed by atoms with E-state index >= 15 is 0 Å². The maximum absolute atomic E-state index is 12.9. The van der Waals surface area contributed by atoms with E-state index in [1.54, 1.807) is 60.9 Å². The van der Waals surface area contributed by atoms with E-state index in [0.717, 1.165) is 16.1 Å². The lowest BCUT2D eigenvalue weighted by atomic mass is 10.1. The van der Waals surface area contributed by atoms with Crippen LogP contribution in [0, 0.1) is 0 Å². The molecule has 0 spiro atoms. The molecular formula is C22H22N4O4S. The molecule has 0 saturated carbocycles. The van der Waals surface area contributed by atoms with Gasteiger partial charge in [-0.25, -0.2) is 8.42 Å². The Morgan fingerprint density at radius 1 is 0.935 bits per heavy atom. The highest BCUT2D eigenvalue weighted by Gasteiger charge is 2.21. The molecule has 2 N–H and O–H groups in total. The van der Waals surface area contributed by atoms with Crippen molar-refractivity contribution in [1.29, 1.82) is 0 Å². The molecule has 3 rings (SSSR count). The summed E-state index contributed by atoms with van der Waals surface area (Å²) in [5, 5.41) is 5.52. The number of benzene rings is 2. The van der Waals surface area contributed by atoms with E-state index in [9.17, 15) is 18.0 Å². The second-order valence-corrected chi connectivity index (χ2v) is 8.81. The number of amides is 2. The van der Waals surface area contributed by atoms with E-state index in [4.69, 9.17) is 0 Å². The number of nitrogens with one attached hydrogen (secondary N) is 2. The molecule has 0 bridgehead atoms. The lowest BCUT2D eigenvalue weighted by Crippen LogP contribution is -2.28. The summed E-state index contributed by atoms with van der Waals surface area (Å²) in [6.07, 6.45) is 4.36. The fourth-order valence-electron chi connectivity index (χ4n) is 2.88. The zero-order valence-electron chi connectivity index (χ0n) is 17.1. The van der Waals surface area contributed by atoms with Crippen molar-refractivity contribution < 1.29 is 18.0 Å². The summed E-state index contributed by atoms with van der Waals surface area (Å²) in [6.45, 7) is 0.289. The van der Waals surface area contributed by atoms with Gasteiger partial charge in [-0.15, -0.1) is 0 Å². The molecule has 160 valence electrons. The van der Waals surface area contributed by atoms with Crippen LogP contribution in [0.3, 0.4) is 0 Å². The normalized spacial score (nSPS) is 10.9. The van der Waals surface area contributed by atoms with Crippen LogP contribution in [0.5, 0.6) is 0 Å². The summed E-state index contributed by atoms with van der Waals surface area (Å²) in [4.78, 5) is 29.7. The number of pyridine rings is 1. The Bertz CT molecular complexity index is 1200. The number of rotatable bonds is 7. The zero-order chi connectivity index (χ0) is 22.4. The van der Waals surface area contributed by atoms with Crippen LogP contribution in [0.15, 0.2) is 73.1 Å². The second kappa shape index (κ2) is 9.40. The first-order chi connectivity index (χ1) is 14.8. The molecule has 2 aromatic carbocycles. The molecule has 1 heterocycles. The molecule has 2 amide bonds. The third-order valence-corrected chi connectivity index (χ3v) is 5.77. The second-order valence-electron chi connectivity index (χ2n) is 6.79. The quantitative estimate of drug-likeness (QED) is 0.590. The third-order valence-electron chi connectivity index (χ3n) is 4.58. The molecule has 1 aromatic heterocycles. The lowest BCUT2D eigenvalue weighted by molar-refractivity contribution is 0.0951. The molecule has 0 fully saturated rings. The molecule has 0 saturated heterocycles. The number of carbonyl (C=O) groups is 2. The summed E-state index contributed by atoms with van der Waals surface area (Å²) < 4.78 is 24.9. The van der Waals surface area contributed by atoms with Crippen LogP contribution in [-0.2, 0) is 16.6 Å². The summed E-state index contributed by atoms with van der Waals surface area (Å²) in [5.74, 6) is -0.889. The molecule has 0 aliphatic heterocycles. The first-order valence-electron chi connectivity index (χ1n) is 9.38. The average Bonchev–Trinajstić information content (AvgIpc) is 2.77. The Hall–Kier alpha value is -3.72. The highest BCUT2D eigenvalue weighted by Crippen LogP contribution is 2.23. The van der Waals surface area contributed by atoms with Gasteiger partial charge >= 0.3 is 0 Å². The maximum atomic E-state index is 12.9. The molecule has 8 nitrogen and oxygen atoms in total. The number of hydrogen-bond acceptors (Lipinski definition) is 5. The Morgan fingerprint density at radius 3 is 2.29 bits per heavy atom. The monoisotopic (exact) mass is 438 g/mol. The minimum atomic E-state index is -3.56. The molecule has 0 radical (unpaired) electrons. The Labute approximate surface area is 181 Å². The highest BCUT2D eigenvalue weighted by molar-refractivity contribution is 7.92. The van der Waals surface area contributed by atoms with Crippen molar-refractivity contribution in [2.45, 2.75) is 6.54 Å². The lowest BCUT2D eigenvalue weighted by Gasteiger charge is -2.20. The smallest absolute Gasteiger partial charge is 0.257 e. The Morgan fingerprint density at radius 2 is 1.61 bits per heavy atom. The van der Waals surface area contributed by atoms with Gasteiger partial charge in [0.2, 0.25) is 10.0 Å². The van der Waals surface area contributed by atoms with E-state index in [1.807, 2.05) is 6.07 Å². The molecule has 31 heavy (non-hydrogen) atoms. The third kappa shape index (κ3) is 5.46. The van der Waals surface area contributed by atoms with Crippen molar-refractivity contribution in [1.82, 2.24) is 10.3 Å². The van der Waals surface area contributed by atoms with Crippen LogP contribution < -0.4 is 14.9 Å². The van der Waals surface area contributed by atoms with E-state index < -0.39 is 15.9 Å². The van der Waals surface area contributed by atoms with Crippen molar-refractivity contribution in [3.8, 4) is 0 Å².